The monoisotopic (exact) mass is 355 g/mol. The van der Waals surface area contributed by atoms with Crippen LogP contribution < -0.4 is 4.65 Å². The second-order valence-electron chi connectivity index (χ2n) is 6.62. The first-order chi connectivity index (χ1) is 12.3. The van der Waals surface area contributed by atoms with Crippen molar-refractivity contribution in [2.45, 2.75) is 26.4 Å². The van der Waals surface area contributed by atoms with Crippen molar-refractivity contribution in [2.24, 2.45) is 0 Å². The standard InChI is InChI=1S/C18H17BFN2O4/c1-18(2,3)25-17(23)22-14-7-8-21-16(11-5-4-6-12(20)9-11)13(14)10-15(22)26-19-24/h4-10,24H,1-3H3. The minimum atomic E-state index is -0.716. The van der Waals surface area contributed by atoms with E-state index in [2.05, 4.69) is 4.98 Å². The van der Waals surface area contributed by atoms with E-state index in [1.165, 1.54) is 22.9 Å². The van der Waals surface area contributed by atoms with Gasteiger partial charge in [-0.25, -0.2) is 13.8 Å². The van der Waals surface area contributed by atoms with Crippen molar-refractivity contribution in [1.29, 1.82) is 0 Å². The Balaban J connectivity index is 2.20. The van der Waals surface area contributed by atoms with Crippen molar-refractivity contribution in [3.8, 4) is 17.1 Å². The fourth-order valence-electron chi connectivity index (χ4n) is 2.61. The highest BCUT2D eigenvalue weighted by molar-refractivity contribution is 6.17. The molecule has 0 unspecified atom stereocenters. The molecule has 1 radical (unpaired) electrons. The number of ether oxygens (including phenoxy) is 1. The van der Waals surface area contributed by atoms with E-state index in [-0.39, 0.29) is 5.88 Å². The Hall–Kier alpha value is -2.87. The summed E-state index contributed by atoms with van der Waals surface area (Å²) in [6.07, 6.45) is 0.844. The van der Waals surface area contributed by atoms with Crippen LogP contribution in [0.1, 0.15) is 20.8 Å². The smallest absolute Gasteiger partial charge is 0.524 e. The van der Waals surface area contributed by atoms with Gasteiger partial charge >= 0.3 is 13.8 Å². The first kappa shape index (κ1) is 17.9. The van der Waals surface area contributed by atoms with Crippen LogP contribution in [0.3, 0.4) is 0 Å². The first-order valence-electron chi connectivity index (χ1n) is 7.92. The summed E-state index contributed by atoms with van der Waals surface area (Å²) in [4.78, 5) is 16.9. The van der Waals surface area contributed by atoms with Gasteiger partial charge in [0.25, 0.3) is 0 Å². The summed E-state index contributed by atoms with van der Waals surface area (Å²) in [5.74, 6) is -0.338. The molecule has 1 N–H and O–H groups in total. The minimum Gasteiger partial charge on any atom is -0.524 e. The molecule has 0 atom stereocenters. The lowest BCUT2D eigenvalue weighted by Crippen LogP contribution is -2.27. The summed E-state index contributed by atoms with van der Waals surface area (Å²) >= 11 is 0. The van der Waals surface area contributed by atoms with Gasteiger partial charge in [-0.2, -0.15) is 0 Å². The largest absolute Gasteiger partial charge is 0.570 e. The fourth-order valence-corrected chi connectivity index (χ4v) is 2.61. The maximum absolute atomic E-state index is 13.6. The van der Waals surface area contributed by atoms with Crippen molar-refractivity contribution in [3.05, 3.63) is 48.4 Å². The summed E-state index contributed by atoms with van der Waals surface area (Å²) in [5, 5.41) is 9.58. The lowest BCUT2D eigenvalue weighted by atomic mass is 10.1. The summed E-state index contributed by atoms with van der Waals surface area (Å²) in [7, 11) is 0.477. The van der Waals surface area contributed by atoms with E-state index in [0.717, 1.165) is 0 Å². The van der Waals surface area contributed by atoms with Gasteiger partial charge in [0, 0.05) is 23.2 Å². The van der Waals surface area contributed by atoms with Crippen LogP contribution >= 0.6 is 0 Å². The molecule has 8 heteroatoms. The van der Waals surface area contributed by atoms with E-state index in [9.17, 15) is 9.18 Å². The molecule has 0 aliphatic rings. The van der Waals surface area contributed by atoms with E-state index in [4.69, 9.17) is 14.4 Å². The van der Waals surface area contributed by atoms with Crippen molar-refractivity contribution in [2.75, 3.05) is 0 Å². The molecule has 0 aliphatic heterocycles. The van der Waals surface area contributed by atoms with Crippen molar-refractivity contribution in [3.63, 3.8) is 0 Å². The zero-order valence-corrected chi connectivity index (χ0v) is 14.6. The molecule has 0 spiro atoms. The average molecular weight is 355 g/mol. The maximum Gasteiger partial charge on any atom is 0.570 e. The topological polar surface area (TPSA) is 73.6 Å². The van der Waals surface area contributed by atoms with Gasteiger partial charge in [0.2, 0.25) is 0 Å². The van der Waals surface area contributed by atoms with Gasteiger partial charge < -0.3 is 14.4 Å². The Morgan fingerprint density at radius 1 is 1.27 bits per heavy atom. The third kappa shape index (κ3) is 3.55. The number of benzene rings is 1. The predicted molar refractivity (Wildman–Crippen MR) is 95.4 cm³/mol. The number of pyridine rings is 1. The molecular weight excluding hydrogens is 338 g/mol. The number of carbonyl (C=O) groups excluding carboxylic acids is 1. The first-order valence-corrected chi connectivity index (χ1v) is 7.92. The quantitative estimate of drug-likeness (QED) is 0.728. The molecule has 3 rings (SSSR count). The normalized spacial score (nSPS) is 11.4. The Morgan fingerprint density at radius 3 is 2.69 bits per heavy atom. The number of halogens is 1. The number of rotatable bonds is 3. The molecule has 0 saturated carbocycles. The van der Waals surface area contributed by atoms with E-state index in [1.807, 2.05) is 0 Å². The molecule has 26 heavy (non-hydrogen) atoms. The molecule has 0 fully saturated rings. The number of aromatic nitrogens is 2. The fraction of sp³-hybridized carbons (Fsp3) is 0.222. The SMILES string of the molecule is CC(C)(C)OC(=O)n1c(O[B]O)cc2c(-c3cccc(F)c3)nccc21. The molecule has 1 aromatic carbocycles. The lowest BCUT2D eigenvalue weighted by molar-refractivity contribution is 0.0537. The maximum atomic E-state index is 13.6. The number of carbonyl (C=O) groups is 1. The minimum absolute atomic E-state index is 0.0578. The van der Waals surface area contributed by atoms with Crippen LogP contribution in [0.2, 0.25) is 0 Å². The van der Waals surface area contributed by atoms with E-state index >= 15 is 0 Å². The number of fused-ring (bicyclic) bond motifs is 1. The predicted octanol–water partition coefficient (Wildman–Crippen LogP) is 3.53. The van der Waals surface area contributed by atoms with Crippen molar-refractivity contribution >= 4 is 24.7 Å². The Labute approximate surface area is 150 Å². The van der Waals surface area contributed by atoms with E-state index in [0.29, 0.717) is 29.8 Å². The molecule has 133 valence electrons. The third-order valence-electron chi connectivity index (χ3n) is 3.54. The Bertz CT molecular complexity index is 965. The van der Waals surface area contributed by atoms with Crippen LogP contribution in [0.25, 0.3) is 22.2 Å². The highest BCUT2D eigenvalue weighted by Gasteiger charge is 2.24. The van der Waals surface area contributed by atoms with Gasteiger partial charge in [0.1, 0.15) is 11.4 Å². The van der Waals surface area contributed by atoms with Crippen LogP contribution in [0, 0.1) is 5.82 Å². The summed E-state index contributed by atoms with van der Waals surface area (Å²) in [5.41, 5.74) is 0.778. The summed E-state index contributed by atoms with van der Waals surface area (Å²) in [6.45, 7) is 5.24. The second-order valence-corrected chi connectivity index (χ2v) is 6.62. The molecule has 2 heterocycles. The van der Waals surface area contributed by atoms with Gasteiger partial charge in [0.05, 0.1) is 11.2 Å². The van der Waals surface area contributed by atoms with Gasteiger partial charge in [0.15, 0.2) is 5.88 Å². The van der Waals surface area contributed by atoms with Crippen molar-refractivity contribution in [1.82, 2.24) is 9.55 Å². The zero-order valence-electron chi connectivity index (χ0n) is 14.6. The average Bonchev–Trinajstić information content (AvgIpc) is 2.91. The van der Waals surface area contributed by atoms with Crippen LogP contribution in [0.5, 0.6) is 5.88 Å². The molecule has 0 aliphatic carbocycles. The highest BCUT2D eigenvalue weighted by atomic mass is 19.1. The molecule has 0 bridgehead atoms. The second kappa shape index (κ2) is 6.80. The lowest BCUT2D eigenvalue weighted by Gasteiger charge is -2.20. The van der Waals surface area contributed by atoms with Crippen LogP contribution in [0.15, 0.2) is 42.6 Å². The van der Waals surface area contributed by atoms with E-state index < -0.39 is 17.5 Å². The van der Waals surface area contributed by atoms with Crippen LogP contribution in [-0.2, 0) is 4.74 Å². The molecular formula is C18H17BFN2O4. The third-order valence-corrected chi connectivity index (χ3v) is 3.54. The number of hydrogen-bond donors (Lipinski definition) is 1. The molecule has 0 amide bonds. The van der Waals surface area contributed by atoms with Gasteiger partial charge in [-0.05, 0) is 39.0 Å². The zero-order chi connectivity index (χ0) is 18.9. The molecule has 0 saturated heterocycles. The van der Waals surface area contributed by atoms with Crippen LogP contribution in [0.4, 0.5) is 9.18 Å². The summed E-state index contributed by atoms with van der Waals surface area (Å²) in [6, 6.07) is 9.14. The summed E-state index contributed by atoms with van der Waals surface area (Å²) < 4.78 is 25.3. The number of nitrogens with zero attached hydrogens (tertiary/aromatic N) is 2. The van der Waals surface area contributed by atoms with Gasteiger partial charge in [-0.3, -0.25) is 4.98 Å². The highest BCUT2D eigenvalue weighted by Crippen LogP contribution is 2.33. The van der Waals surface area contributed by atoms with Gasteiger partial charge in [-0.1, -0.05) is 12.1 Å². The van der Waals surface area contributed by atoms with Crippen molar-refractivity contribution < 1.29 is 23.6 Å². The van der Waals surface area contributed by atoms with Gasteiger partial charge in [-0.15, -0.1) is 0 Å². The Kier molecular flexibility index (Phi) is 4.69. The van der Waals surface area contributed by atoms with Crippen LogP contribution in [-0.4, -0.2) is 34.0 Å². The molecule has 2 aromatic heterocycles. The van der Waals surface area contributed by atoms with E-state index in [1.54, 1.807) is 45.0 Å². The Morgan fingerprint density at radius 2 is 2.04 bits per heavy atom. The molecule has 6 nitrogen and oxygen atoms in total. The molecule has 3 aromatic rings. The number of hydrogen-bond acceptors (Lipinski definition) is 5.